The van der Waals surface area contributed by atoms with E-state index in [2.05, 4.69) is 17.2 Å². The van der Waals surface area contributed by atoms with Crippen LogP contribution in [-0.2, 0) is 14.3 Å². The van der Waals surface area contributed by atoms with Crippen LogP contribution in [0.5, 0.6) is 0 Å². The highest BCUT2D eigenvalue weighted by Crippen LogP contribution is 2.19. The van der Waals surface area contributed by atoms with E-state index in [4.69, 9.17) is 17.6 Å². The number of aliphatic hydroxyl groups excluding tert-OH is 1. The number of thioether (sulfide) groups is 1. The average Bonchev–Trinajstić information content (AvgIpc) is 2.59. The Morgan fingerprint density at radius 3 is 2.92 bits per heavy atom. The molecule has 0 saturated carbocycles. The molecule has 2 unspecified atom stereocenters. The molecule has 0 spiro atoms. The highest BCUT2D eigenvalue weighted by molar-refractivity contribution is 7.99. The van der Waals surface area contributed by atoms with Gasteiger partial charge in [0.2, 0.25) is 11.8 Å². The van der Waals surface area contributed by atoms with Crippen LogP contribution in [0.15, 0.2) is 0 Å². The number of terminal acetylenes is 2. The van der Waals surface area contributed by atoms with Gasteiger partial charge in [-0.25, -0.2) is 0 Å². The third-order valence-electron chi connectivity index (χ3n) is 3.55. The lowest BCUT2D eigenvalue weighted by Gasteiger charge is -2.35. The topological polar surface area (TPSA) is 78.9 Å². The van der Waals surface area contributed by atoms with Crippen LogP contribution in [0.4, 0.5) is 0 Å². The zero-order chi connectivity index (χ0) is 17.8. The average molecular weight is 352 g/mol. The predicted octanol–water partition coefficient (Wildman–Crippen LogP) is -0.139. The third-order valence-corrected chi connectivity index (χ3v) is 4.65. The molecule has 2 atom stereocenters. The summed E-state index contributed by atoms with van der Waals surface area (Å²) in [4.78, 5) is 25.7. The fourth-order valence-electron chi connectivity index (χ4n) is 2.28. The molecule has 1 aliphatic heterocycles. The zero-order valence-corrected chi connectivity index (χ0v) is 14.5. The Labute approximate surface area is 147 Å². The molecular formula is C17H24N2O4S. The van der Waals surface area contributed by atoms with Crippen molar-refractivity contribution < 1.29 is 19.4 Å². The number of hydrogen-bond acceptors (Lipinski definition) is 5. The number of rotatable bonds is 9. The molecule has 1 aliphatic rings. The molecule has 0 aliphatic carbocycles. The first-order valence-corrected chi connectivity index (χ1v) is 9.03. The Morgan fingerprint density at radius 1 is 1.42 bits per heavy atom. The summed E-state index contributed by atoms with van der Waals surface area (Å²) in [5.74, 6) is 5.87. The summed E-state index contributed by atoms with van der Waals surface area (Å²) in [7, 11) is 0. The van der Waals surface area contributed by atoms with Gasteiger partial charge in [0.15, 0.2) is 0 Å². The number of aliphatic hydroxyl groups is 1. The van der Waals surface area contributed by atoms with Crippen LogP contribution in [0.2, 0.25) is 0 Å². The molecule has 6 nitrogen and oxygen atoms in total. The van der Waals surface area contributed by atoms with E-state index in [9.17, 15) is 14.7 Å². The summed E-state index contributed by atoms with van der Waals surface area (Å²) in [6.45, 7) is 1.45. The van der Waals surface area contributed by atoms with Crippen LogP contribution in [0.3, 0.4) is 0 Å². The molecule has 24 heavy (non-hydrogen) atoms. The second-order valence-corrected chi connectivity index (χ2v) is 6.48. The van der Waals surface area contributed by atoms with E-state index in [0.717, 1.165) is 11.5 Å². The Kier molecular flexibility index (Phi) is 10.0. The summed E-state index contributed by atoms with van der Waals surface area (Å²) in [5.41, 5.74) is 0. The van der Waals surface area contributed by atoms with Crippen LogP contribution in [0.25, 0.3) is 0 Å². The van der Waals surface area contributed by atoms with Gasteiger partial charge in [-0.3, -0.25) is 9.59 Å². The summed E-state index contributed by atoms with van der Waals surface area (Å²) < 4.78 is 5.28. The van der Waals surface area contributed by atoms with E-state index in [-0.39, 0.29) is 25.0 Å². The van der Waals surface area contributed by atoms with Crippen LogP contribution in [0.1, 0.15) is 19.3 Å². The second kappa shape index (κ2) is 11.8. The maximum absolute atomic E-state index is 12.3. The third kappa shape index (κ3) is 7.27. The largest absolute Gasteiger partial charge is 0.382 e. The fraction of sp³-hybridized carbons (Fsp3) is 0.647. The van der Waals surface area contributed by atoms with Crippen molar-refractivity contribution in [3.63, 3.8) is 0 Å². The van der Waals surface area contributed by atoms with Gasteiger partial charge >= 0.3 is 0 Å². The van der Waals surface area contributed by atoms with Gasteiger partial charge < -0.3 is 20.1 Å². The first kappa shape index (κ1) is 20.4. The fourth-order valence-corrected chi connectivity index (χ4v) is 3.39. The summed E-state index contributed by atoms with van der Waals surface area (Å²) in [5, 5.41) is 12.1. The molecule has 2 amide bonds. The number of carbonyl (C=O) groups excluding carboxylic acids is 2. The van der Waals surface area contributed by atoms with Crippen molar-refractivity contribution in [1.29, 1.82) is 0 Å². The molecule has 0 radical (unpaired) electrons. The lowest BCUT2D eigenvalue weighted by Crippen LogP contribution is -2.49. The van der Waals surface area contributed by atoms with Crippen LogP contribution in [0, 0.1) is 24.7 Å². The van der Waals surface area contributed by atoms with Crippen LogP contribution in [-0.4, -0.2) is 71.8 Å². The SMILES string of the molecule is C#CCCOCC(=O)N1CCSCC1CCNC(=O)C(O)CC#C. The van der Waals surface area contributed by atoms with Crippen molar-refractivity contribution >= 4 is 23.6 Å². The minimum atomic E-state index is -1.18. The first-order chi connectivity index (χ1) is 11.6. The Morgan fingerprint density at radius 2 is 2.21 bits per heavy atom. The smallest absolute Gasteiger partial charge is 0.249 e. The minimum Gasteiger partial charge on any atom is -0.382 e. The number of amides is 2. The molecule has 2 N–H and O–H groups in total. The van der Waals surface area contributed by atoms with E-state index >= 15 is 0 Å². The lowest BCUT2D eigenvalue weighted by molar-refractivity contribution is -0.138. The lowest BCUT2D eigenvalue weighted by atomic mass is 10.1. The highest BCUT2D eigenvalue weighted by atomic mass is 32.2. The molecule has 1 saturated heterocycles. The first-order valence-electron chi connectivity index (χ1n) is 7.87. The van der Waals surface area contributed by atoms with E-state index in [1.807, 2.05) is 0 Å². The van der Waals surface area contributed by atoms with Crippen LogP contribution >= 0.6 is 11.8 Å². The van der Waals surface area contributed by atoms with Gasteiger partial charge in [0.1, 0.15) is 12.7 Å². The highest BCUT2D eigenvalue weighted by Gasteiger charge is 2.27. The summed E-state index contributed by atoms with van der Waals surface area (Å²) in [6.07, 6.45) is 10.1. The van der Waals surface area contributed by atoms with Crippen molar-refractivity contribution in [2.75, 3.05) is 37.8 Å². The predicted molar refractivity (Wildman–Crippen MR) is 94.2 cm³/mol. The number of carbonyl (C=O) groups is 2. The van der Waals surface area contributed by atoms with Gasteiger partial charge in [0.25, 0.3) is 0 Å². The van der Waals surface area contributed by atoms with Crippen molar-refractivity contribution in [3.05, 3.63) is 0 Å². The van der Waals surface area contributed by atoms with Crippen LogP contribution < -0.4 is 5.32 Å². The minimum absolute atomic E-state index is 0.00921. The number of nitrogens with one attached hydrogen (secondary N) is 1. The molecule has 0 aromatic rings. The Balaban J connectivity index is 2.38. The molecular weight excluding hydrogens is 328 g/mol. The number of nitrogens with zero attached hydrogens (tertiary/aromatic N) is 1. The van der Waals surface area contributed by atoms with E-state index in [1.54, 1.807) is 16.7 Å². The molecule has 132 valence electrons. The normalized spacial score (nSPS) is 18.3. The monoisotopic (exact) mass is 352 g/mol. The Bertz CT molecular complexity index is 498. The van der Waals surface area contributed by atoms with Crippen molar-refractivity contribution in [1.82, 2.24) is 10.2 Å². The zero-order valence-electron chi connectivity index (χ0n) is 13.7. The van der Waals surface area contributed by atoms with Gasteiger partial charge in [-0.15, -0.1) is 24.7 Å². The molecule has 0 aromatic heterocycles. The quantitative estimate of drug-likeness (QED) is 0.446. The van der Waals surface area contributed by atoms with Gasteiger partial charge in [-0.05, 0) is 6.42 Å². The van der Waals surface area contributed by atoms with Crippen molar-refractivity contribution in [3.8, 4) is 24.7 Å². The van der Waals surface area contributed by atoms with Gasteiger partial charge in [-0.2, -0.15) is 11.8 Å². The standard InChI is InChI=1S/C17H24N2O4S/c1-3-5-10-23-12-16(21)19-9-11-24-13-14(19)7-8-18-17(22)15(20)6-4-2/h1-2,14-15,20H,5-13H2,(H,18,22). The molecule has 7 heteroatoms. The molecule has 0 bridgehead atoms. The van der Waals surface area contributed by atoms with Gasteiger partial charge in [-0.1, -0.05) is 0 Å². The molecule has 1 fully saturated rings. The van der Waals surface area contributed by atoms with Gasteiger partial charge in [0.05, 0.1) is 6.61 Å². The van der Waals surface area contributed by atoms with Crippen molar-refractivity contribution in [2.45, 2.75) is 31.4 Å². The molecule has 1 rings (SSSR count). The molecule has 0 aromatic carbocycles. The van der Waals surface area contributed by atoms with E-state index < -0.39 is 12.0 Å². The van der Waals surface area contributed by atoms with Gasteiger partial charge in [0, 0.05) is 43.5 Å². The molecule has 1 heterocycles. The number of hydrogen-bond donors (Lipinski definition) is 2. The number of ether oxygens (including phenoxy) is 1. The van der Waals surface area contributed by atoms with E-state index in [0.29, 0.717) is 32.5 Å². The van der Waals surface area contributed by atoms with E-state index in [1.165, 1.54) is 0 Å². The maximum atomic E-state index is 12.3. The second-order valence-electron chi connectivity index (χ2n) is 5.33. The summed E-state index contributed by atoms with van der Waals surface area (Å²) >= 11 is 1.78. The Hall–Kier alpha value is -1.67. The maximum Gasteiger partial charge on any atom is 0.249 e. The van der Waals surface area contributed by atoms with Crippen molar-refractivity contribution in [2.24, 2.45) is 0 Å². The summed E-state index contributed by atoms with van der Waals surface area (Å²) in [6, 6.07) is 0.0394.